The lowest BCUT2D eigenvalue weighted by Gasteiger charge is -2.15. The number of benzene rings is 1. The number of nitrogens with zero attached hydrogens (tertiary/aromatic N) is 1. The first kappa shape index (κ1) is 17.5. The van der Waals surface area contributed by atoms with Gasteiger partial charge in [-0.1, -0.05) is 12.1 Å². The molecule has 0 spiro atoms. The molecule has 1 heterocycles. The standard InChI is InChI=1S/C17H20N2O5/c1-4-23-16(21)13-9-11-7-6-8-12(15(11)18-13)14(20)10-19(3)17(22)24-5-2/h6-9,18H,4-5,10H2,1-3H3. The minimum absolute atomic E-state index is 0.119. The van der Waals surface area contributed by atoms with Crippen molar-refractivity contribution in [2.45, 2.75) is 13.8 Å². The summed E-state index contributed by atoms with van der Waals surface area (Å²) in [6.45, 7) is 3.81. The van der Waals surface area contributed by atoms with Gasteiger partial charge in [0.1, 0.15) is 5.69 Å². The number of hydrogen-bond donors (Lipinski definition) is 1. The third kappa shape index (κ3) is 3.73. The Kier molecular flexibility index (Phi) is 5.57. The predicted octanol–water partition coefficient (Wildman–Crippen LogP) is 2.62. The van der Waals surface area contributed by atoms with Crippen molar-refractivity contribution in [2.75, 3.05) is 26.8 Å². The van der Waals surface area contributed by atoms with Crippen LogP contribution in [0.1, 0.15) is 34.7 Å². The zero-order valence-electron chi connectivity index (χ0n) is 13.9. The van der Waals surface area contributed by atoms with Crippen LogP contribution >= 0.6 is 0 Å². The highest BCUT2D eigenvalue weighted by Crippen LogP contribution is 2.21. The van der Waals surface area contributed by atoms with Gasteiger partial charge in [-0.3, -0.25) is 4.79 Å². The van der Waals surface area contributed by atoms with Crippen LogP contribution in [0.3, 0.4) is 0 Å². The maximum absolute atomic E-state index is 12.5. The molecule has 2 rings (SSSR count). The van der Waals surface area contributed by atoms with Crippen molar-refractivity contribution >= 4 is 28.7 Å². The molecule has 128 valence electrons. The number of hydrogen-bond acceptors (Lipinski definition) is 5. The summed E-state index contributed by atoms with van der Waals surface area (Å²) in [5, 5.41) is 0.725. The highest BCUT2D eigenvalue weighted by atomic mass is 16.6. The molecule has 0 aliphatic carbocycles. The molecule has 0 radical (unpaired) electrons. The van der Waals surface area contributed by atoms with Crippen LogP contribution in [0.15, 0.2) is 24.3 Å². The molecule has 1 aromatic heterocycles. The number of para-hydroxylation sites is 1. The highest BCUT2D eigenvalue weighted by molar-refractivity contribution is 6.09. The Balaban J connectivity index is 2.26. The molecule has 0 aliphatic rings. The molecular weight excluding hydrogens is 312 g/mol. The first-order chi connectivity index (χ1) is 11.5. The third-order valence-corrected chi connectivity index (χ3v) is 3.41. The van der Waals surface area contributed by atoms with Gasteiger partial charge in [0.2, 0.25) is 0 Å². The van der Waals surface area contributed by atoms with E-state index in [4.69, 9.17) is 9.47 Å². The zero-order chi connectivity index (χ0) is 17.7. The van der Waals surface area contributed by atoms with Crippen LogP contribution in [-0.4, -0.2) is 54.5 Å². The Morgan fingerprint density at radius 3 is 2.50 bits per heavy atom. The van der Waals surface area contributed by atoms with Crippen molar-refractivity contribution in [1.82, 2.24) is 9.88 Å². The normalized spacial score (nSPS) is 10.5. The van der Waals surface area contributed by atoms with Gasteiger partial charge in [0, 0.05) is 18.0 Å². The second-order valence-electron chi connectivity index (χ2n) is 5.15. The van der Waals surface area contributed by atoms with Gasteiger partial charge in [0.05, 0.1) is 25.3 Å². The summed E-state index contributed by atoms with van der Waals surface area (Å²) in [5.41, 5.74) is 1.23. The highest BCUT2D eigenvalue weighted by Gasteiger charge is 2.19. The minimum Gasteiger partial charge on any atom is -0.461 e. The molecule has 1 aromatic carbocycles. The van der Waals surface area contributed by atoms with Crippen LogP contribution in [0.25, 0.3) is 10.9 Å². The second-order valence-corrected chi connectivity index (χ2v) is 5.15. The quantitative estimate of drug-likeness (QED) is 0.649. The lowest BCUT2D eigenvalue weighted by Crippen LogP contribution is -2.32. The molecule has 1 amide bonds. The summed E-state index contributed by atoms with van der Waals surface area (Å²) in [7, 11) is 1.49. The fourth-order valence-electron chi connectivity index (χ4n) is 2.31. The number of aromatic nitrogens is 1. The molecule has 2 aromatic rings. The van der Waals surface area contributed by atoms with Gasteiger partial charge in [0.25, 0.3) is 0 Å². The maximum Gasteiger partial charge on any atom is 0.409 e. The lowest BCUT2D eigenvalue weighted by molar-refractivity contribution is 0.0520. The first-order valence-corrected chi connectivity index (χ1v) is 7.67. The second kappa shape index (κ2) is 7.63. The Labute approximate surface area is 139 Å². The van der Waals surface area contributed by atoms with Gasteiger partial charge in [-0.2, -0.15) is 0 Å². The number of Topliss-reactive ketones (excluding diaryl/α,β-unsaturated/α-hetero) is 1. The van der Waals surface area contributed by atoms with E-state index in [0.29, 0.717) is 11.1 Å². The average Bonchev–Trinajstić information content (AvgIpc) is 2.99. The number of carbonyl (C=O) groups excluding carboxylic acids is 3. The minimum atomic E-state index is -0.559. The SMILES string of the molecule is CCOC(=O)c1cc2cccc(C(=O)CN(C)C(=O)OCC)c2[nH]1. The Morgan fingerprint density at radius 2 is 1.83 bits per heavy atom. The fourth-order valence-corrected chi connectivity index (χ4v) is 2.31. The fraction of sp³-hybridized carbons (Fsp3) is 0.353. The van der Waals surface area contributed by atoms with E-state index in [2.05, 4.69) is 4.98 Å². The van der Waals surface area contributed by atoms with Crippen molar-refractivity contribution < 1.29 is 23.9 Å². The molecule has 0 saturated carbocycles. The number of likely N-dealkylation sites (N-methyl/N-ethyl adjacent to an activating group) is 1. The van der Waals surface area contributed by atoms with Gasteiger partial charge in [-0.15, -0.1) is 0 Å². The molecule has 0 unspecified atom stereocenters. The number of ketones is 1. The molecule has 0 saturated heterocycles. The van der Waals surface area contributed by atoms with E-state index in [1.54, 1.807) is 38.1 Å². The van der Waals surface area contributed by atoms with Crippen molar-refractivity contribution in [2.24, 2.45) is 0 Å². The van der Waals surface area contributed by atoms with Gasteiger partial charge in [0.15, 0.2) is 5.78 Å². The van der Waals surface area contributed by atoms with E-state index in [-0.39, 0.29) is 31.2 Å². The average molecular weight is 332 g/mol. The third-order valence-electron chi connectivity index (χ3n) is 3.41. The van der Waals surface area contributed by atoms with Crippen molar-refractivity contribution in [1.29, 1.82) is 0 Å². The number of carbonyl (C=O) groups is 3. The largest absolute Gasteiger partial charge is 0.461 e. The summed E-state index contributed by atoms with van der Waals surface area (Å²) in [6.07, 6.45) is -0.559. The molecule has 0 atom stereocenters. The maximum atomic E-state index is 12.5. The van der Waals surface area contributed by atoms with Gasteiger partial charge in [-0.05, 0) is 26.0 Å². The van der Waals surface area contributed by atoms with Crippen molar-refractivity contribution in [3.63, 3.8) is 0 Å². The molecule has 7 nitrogen and oxygen atoms in total. The predicted molar refractivity (Wildman–Crippen MR) is 88.2 cm³/mol. The van der Waals surface area contributed by atoms with E-state index in [9.17, 15) is 14.4 Å². The zero-order valence-corrected chi connectivity index (χ0v) is 13.9. The number of ether oxygens (including phenoxy) is 2. The Bertz CT molecular complexity index is 765. The number of rotatable bonds is 6. The van der Waals surface area contributed by atoms with E-state index in [1.807, 2.05) is 0 Å². The Morgan fingerprint density at radius 1 is 1.12 bits per heavy atom. The summed E-state index contributed by atoms with van der Waals surface area (Å²) >= 11 is 0. The van der Waals surface area contributed by atoms with Crippen LogP contribution in [0.5, 0.6) is 0 Å². The molecule has 1 N–H and O–H groups in total. The summed E-state index contributed by atoms with van der Waals surface area (Å²) < 4.78 is 9.81. The number of amides is 1. The molecule has 0 bridgehead atoms. The molecule has 24 heavy (non-hydrogen) atoms. The smallest absolute Gasteiger partial charge is 0.409 e. The van der Waals surface area contributed by atoms with Crippen molar-refractivity contribution in [3.05, 3.63) is 35.5 Å². The molecule has 0 fully saturated rings. The van der Waals surface area contributed by atoms with E-state index in [0.717, 1.165) is 5.39 Å². The van der Waals surface area contributed by atoms with Crippen LogP contribution in [-0.2, 0) is 9.47 Å². The summed E-state index contributed by atoms with van der Waals surface area (Å²) in [6, 6.07) is 6.80. The monoisotopic (exact) mass is 332 g/mol. The number of aromatic amines is 1. The molecule has 0 aliphatic heterocycles. The van der Waals surface area contributed by atoms with Gasteiger partial charge in [-0.25, -0.2) is 9.59 Å². The number of H-pyrrole nitrogens is 1. The van der Waals surface area contributed by atoms with Crippen LogP contribution in [0.2, 0.25) is 0 Å². The summed E-state index contributed by atoms with van der Waals surface area (Å²) in [4.78, 5) is 40.1. The van der Waals surface area contributed by atoms with Crippen molar-refractivity contribution in [3.8, 4) is 0 Å². The number of fused-ring (bicyclic) bond motifs is 1. The van der Waals surface area contributed by atoms with E-state index >= 15 is 0 Å². The van der Waals surface area contributed by atoms with E-state index < -0.39 is 12.1 Å². The molecular formula is C17H20N2O5. The summed E-state index contributed by atoms with van der Waals surface area (Å²) in [5.74, 6) is -0.732. The van der Waals surface area contributed by atoms with Crippen LogP contribution < -0.4 is 0 Å². The van der Waals surface area contributed by atoms with Gasteiger partial charge >= 0.3 is 12.1 Å². The topological polar surface area (TPSA) is 88.7 Å². The van der Waals surface area contributed by atoms with Crippen LogP contribution in [0, 0.1) is 0 Å². The Hall–Kier alpha value is -2.83. The molecule has 7 heteroatoms. The van der Waals surface area contributed by atoms with Gasteiger partial charge < -0.3 is 19.4 Å². The first-order valence-electron chi connectivity index (χ1n) is 7.67. The number of esters is 1. The van der Waals surface area contributed by atoms with E-state index in [1.165, 1.54) is 11.9 Å². The van der Waals surface area contributed by atoms with Crippen LogP contribution in [0.4, 0.5) is 4.79 Å². The lowest BCUT2D eigenvalue weighted by atomic mass is 10.1. The number of nitrogens with one attached hydrogen (secondary N) is 1.